The third-order valence-corrected chi connectivity index (χ3v) is 7.41. The normalized spacial score (nSPS) is 35.7. The first-order valence-corrected chi connectivity index (χ1v) is 12.4. The highest BCUT2D eigenvalue weighted by molar-refractivity contribution is 5.46. The minimum absolute atomic E-state index is 0.0152. The molecule has 2 aromatic carbocycles. The van der Waals surface area contributed by atoms with Crippen LogP contribution in [0.2, 0.25) is 0 Å². The quantitative estimate of drug-likeness (QED) is 0.387. The number of hydrogen-bond acceptors (Lipinski definition) is 12. The molecule has 4 aliphatic rings. The predicted octanol–water partition coefficient (Wildman–Crippen LogP) is 0.342. The molecule has 4 heterocycles. The maximum absolute atomic E-state index is 10.3. The molecule has 3 saturated heterocycles. The van der Waals surface area contributed by atoms with E-state index in [-0.39, 0.29) is 36.2 Å². The van der Waals surface area contributed by atoms with Gasteiger partial charge in [0.2, 0.25) is 19.4 Å². The molecule has 4 N–H and O–H groups in total. The number of hydrogen-bond donors (Lipinski definition) is 4. The Kier molecular flexibility index (Phi) is 6.95. The van der Waals surface area contributed by atoms with E-state index in [1.165, 1.54) is 7.11 Å². The summed E-state index contributed by atoms with van der Waals surface area (Å²) in [5, 5.41) is 39.7. The van der Waals surface area contributed by atoms with Crippen LogP contribution in [-0.2, 0) is 14.2 Å². The third kappa shape index (κ3) is 4.51. The van der Waals surface area contributed by atoms with Gasteiger partial charge in [0.05, 0.1) is 39.0 Å². The zero-order valence-electron chi connectivity index (χ0n) is 20.5. The van der Waals surface area contributed by atoms with Gasteiger partial charge in [-0.3, -0.25) is 0 Å². The molecule has 38 heavy (non-hydrogen) atoms. The molecule has 0 aliphatic carbocycles. The minimum atomic E-state index is -1.55. The van der Waals surface area contributed by atoms with E-state index >= 15 is 0 Å². The lowest BCUT2D eigenvalue weighted by Gasteiger charge is -2.39. The summed E-state index contributed by atoms with van der Waals surface area (Å²) in [5.74, 6) is 2.52. The Morgan fingerprint density at radius 1 is 0.816 bits per heavy atom. The van der Waals surface area contributed by atoms with Gasteiger partial charge in [-0.2, -0.15) is 0 Å². The number of aliphatic hydroxyl groups is 4. The van der Waals surface area contributed by atoms with Crippen LogP contribution in [-0.4, -0.2) is 91.1 Å². The fourth-order valence-electron chi connectivity index (χ4n) is 5.30. The van der Waals surface area contributed by atoms with Crippen LogP contribution in [0.25, 0.3) is 0 Å². The standard InChI is InChI=1S/C26H30O12/c1-31-18-7-13(3-5-17(18)37-26-23(30)22(29)21(28)20(8-27)38-26)36-25-15-10-32-24(14(15)9-33-25)12-2-4-16-19(6-12)35-11-34-16/h2-7,14-15,20-30H,8-11H2,1H3. The van der Waals surface area contributed by atoms with Crippen molar-refractivity contribution in [1.82, 2.24) is 0 Å². The number of benzene rings is 2. The lowest BCUT2D eigenvalue weighted by Crippen LogP contribution is -2.60. The van der Waals surface area contributed by atoms with E-state index in [0.717, 1.165) is 11.3 Å². The molecule has 4 aliphatic heterocycles. The number of methoxy groups -OCH3 is 1. The van der Waals surface area contributed by atoms with Crippen LogP contribution >= 0.6 is 0 Å². The van der Waals surface area contributed by atoms with Crippen LogP contribution in [0.4, 0.5) is 0 Å². The van der Waals surface area contributed by atoms with Gasteiger partial charge in [-0.15, -0.1) is 0 Å². The highest BCUT2D eigenvalue weighted by Crippen LogP contribution is 2.47. The molecule has 0 radical (unpaired) electrons. The summed E-state index contributed by atoms with van der Waals surface area (Å²) in [6, 6.07) is 10.7. The molecule has 0 bridgehead atoms. The Morgan fingerprint density at radius 3 is 2.45 bits per heavy atom. The second-order valence-corrected chi connectivity index (χ2v) is 9.64. The fourth-order valence-corrected chi connectivity index (χ4v) is 5.30. The molecule has 6 rings (SSSR count). The molecule has 2 aromatic rings. The van der Waals surface area contributed by atoms with Crippen LogP contribution in [0.3, 0.4) is 0 Å². The molecular weight excluding hydrogens is 504 g/mol. The van der Waals surface area contributed by atoms with Gasteiger partial charge in [-0.05, 0) is 29.8 Å². The van der Waals surface area contributed by atoms with Gasteiger partial charge < -0.3 is 58.3 Å². The average Bonchev–Trinajstić information content (AvgIpc) is 3.67. The largest absolute Gasteiger partial charge is 0.493 e. The molecule has 0 spiro atoms. The fraction of sp³-hybridized carbons (Fsp3) is 0.538. The first-order valence-electron chi connectivity index (χ1n) is 12.4. The number of rotatable bonds is 7. The second kappa shape index (κ2) is 10.4. The Labute approximate surface area is 218 Å². The lowest BCUT2D eigenvalue weighted by molar-refractivity contribution is -0.277. The van der Waals surface area contributed by atoms with Crippen molar-refractivity contribution < 1.29 is 58.3 Å². The number of ether oxygens (including phenoxy) is 8. The monoisotopic (exact) mass is 534 g/mol. The Hall–Kier alpha value is -2.84. The van der Waals surface area contributed by atoms with E-state index in [4.69, 9.17) is 37.9 Å². The summed E-state index contributed by atoms with van der Waals surface area (Å²) < 4.78 is 45.8. The first-order chi connectivity index (χ1) is 18.5. The zero-order chi connectivity index (χ0) is 26.4. The Balaban J connectivity index is 1.12. The summed E-state index contributed by atoms with van der Waals surface area (Å²) in [6.45, 7) is 0.608. The molecule has 9 unspecified atom stereocenters. The van der Waals surface area contributed by atoms with Gasteiger partial charge in [-0.1, -0.05) is 6.07 Å². The molecule has 0 saturated carbocycles. The van der Waals surface area contributed by atoms with E-state index in [1.807, 2.05) is 18.2 Å². The lowest BCUT2D eigenvalue weighted by atomic mass is 9.89. The summed E-state index contributed by atoms with van der Waals surface area (Å²) in [7, 11) is 1.45. The van der Waals surface area contributed by atoms with Crippen LogP contribution in [0.5, 0.6) is 28.7 Å². The van der Waals surface area contributed by atoms with Crippen molar-refractivity contribution in [3.63, 3.8) is 0 Å². The highest BCUT2D eigenvalue weighted by atomic mass is 16.7. The van der Waals surface area contributed by atoms with E-state index < -0.39 is 43.6 Å². The van der Waals surface area contributed by atoms with Crippen molar-refractivity contribution in [3.05, 3.63) is 42.0 Å². The average molecular weight is 535 g/mol. The van der Waals surface area contributed by atoms with Crippen LogP contribution in [0.1, 0.15) is 11.7 Å². The van der Waals surface area contributed by atoms with Gasteiger partial charge in [0.1, 0.15) is 30.2 Å². The number of fused-ring (bicyclic) bond motifs is 2. The molecule has 12 heteroatoms. The van der Waals surface area contributed by atoms with Crippen molar-refractivity contribution in [3.8, 4) is 28.7 Å². The topological polar surface area (TPSA) is 155 Å². The summed E-state index contributed by atoms with van der Waals surface area (Å²) in [6.07, 6.45) is -7.68. The van der Waals surface area contributed by atoms with E-state index in [1.54, 1.807) is 18.2 Å². The van der Waals surface area contributed by atoms with Crippen molar-refractivity contribution in [1.29, 1.82) is 0 Å². The Morgan fingerprint density at radius 2 is 1.63 bits per heavy atom. The van der Waals surface area contributed by atoms with E-state index in [9.17, 15) is 20.4 Å². The van der Waals surface area contributed by atoms with Gasteiger partial charge >= 0.3 is 0 Å². The summed E-state index contributed by atoms with van der Waals surface area (Å²) in [5.41, 5.74) is 1.00. The van der Waals surface area contributed by atoms with Crippen molar-refractivity contribution in [2.45, 2.75) is 43.1 Å². The maximum Gasteiger partial charge on any atom is 0.231 e. The molecule has 0 amide bonds. The molecule has 12 nitrogen and oxygen atoms in total. The Bertz CT molecular complexity index is 1140. The van der Waals surface area contributed by atoms with Gasteiger partial charge in [0.15, 0.2) is 23.0 Å². The van der Waals surface area contributed by atoms with E-state index in [0.29, 0.717) is 24.7 Å². The molecular formula is C26H30O12. The van der Waals surface area contributed by atoms with Crippen molar-refractivity contribution in [2.24, 2.45) is 11.8 Å². The van der Waals surface area contributed by atoms with Crippen LogP contribution in [0, 0.1) is 11.8 Å². The third-order valence-electron chi connectivity index (χ3n) is 7.41. The maximum atomic E-state index is 10.3. The second-order valence-electron chi connectivity index (χ2n) is 9.64. The predicted molar refractivity (Wildman–Crippen MR) is 126 cm³/mol. The summed E-state index contributed by atoms with van der Waals surface area (Å²) >= 11 is 0. The first kappa shape index (κ1) is 25.4. The molecule has 206 valence electrons. The SMILES string of the molecule is COc1cc(OC2OCC3C(c4ccc5c(c4)OCO5)OCC23)ccc1OC1OC(CO)C(O)C(O)C1O. The zero-order valence-corrected chi connectivity index (χ0v) is 20.5. The molecule has 0 aromatic heterocycles. The smallest absolute Gasteiger partial charge is 0.231 e. The minimum Gasteiger partial charge on any atom is -0.493 e. The molecule has 3 fully saturated rings. The van der Waals surface area contributed by atoms with Gasteiger partial charge in [0, 0.05) is 12.0 Å². The van der Waals surface area contributed by atoms with E-state index in [2.05, 4.69) is 0 Å². The van der Waals surface area contributed by atoms with Crippen molar-refractivity contribution >= 4 is 0 Å². The molecule has 9 atom stereocenters. The van der Waals surface area contributed by atoms with Gasteiger partial charge in [0.25, 0.3) is 0 Å². The number of aliphatic hydroxyl groups excluding tert-OH is 4. The summed E-state index contributed by atoms with van der Waals surface area (Å²) in [4.78, 5) is 0. The highest BCUT2D eigenvalue weighted by Gasteiger charge is 2.49. The van der Waals surface area contributed by atoms with Crippen LogP contribution in [0.15, 0.2) is 36.4 Å². The van der Waals surface area contributed by atoms with Gasteiger partial charge in [-0.25, -0.2) is 0 Å². The van der Waals surface area contributed by atoms with Crippen molar-refractivity contribution in [2.75, 3.05) is 33.7 Å². The van der Waals surface area contributed by atoms with Crippen LogP contribution < -0.4 is 23.7 Å².